The van der Waals surface area contributed by atoms with E-state index in [2.05, 4.69) is 13.8 Å². The molecule has 0 amide bonds. The summed E-state index contributed by atoms with van der Waals surface area (Å²) in [5, 5.41) is 8.38. The third-order valence-corrected chi connectivity index (χ3v) is 4.37. The summed E-state index contributed by atoms with van der Waals surface area (Å²) in [6.07, 6.45) is 19.8. The first-order valence-electron chi connectivity index (χ1n) is 10.3. The molecule has 0 unspecified atom stereocenters. The Labute approximate surface area is 184 Å². The largest absolute Gasteiger partial charge is 1.00 e. The molecule has 1 rings (SSSR count). The summed E-state index contributed by atoms with van der Waals surface area (Å²) in [5.41, 5.74) is 0.331. The molecule has 0 saturated carbocycles. The standard InChI is InChI=1S/C16H33.C7H6O2.Na/c1-3-5-7-9-11-13-15-16-14-12-10-8-6-4-2;8-7(9)6-4-2-1-3-5-6;/h1,3-16H2,2H3;1-5H,(H,8,9);/q-1;;+1. The van der Waals surface area contributed by atoms with Gasteiger partial charge in [-0.1, -0.05) is 109 Å². The number of aromatic carboxylic acids is 1. The van der Waals surface area contributed by atoms with Gasteiger partial charge in [0.1, 0.15) is 0 Å². The smallest absolute Gasteiger partial charge is 0.478 e. The first-order valence-corrected chi connectivity index (χ1v) is 10.3. The summed E-state index contributed by atoms with van der Waals surface area (Å²) in [6.45, 7) is 6.16. The molecule has 144 valence electrons. The van der Waals surface area contributed by atoms with Gasteiger partial charge in [0.05, 0.1) is 5.56 Å². The Kier molecular flexibility index (Phi) is 24.4. The Morgan fingerprint density at radius 1 is 0.769 bits per heavy atom. The van der Waals surface area contributed by atoms with Crippen LogP contribution in [-0.2, 0) is 0 Å². The van der Waals surface area contributed by atoms with Gasteiger partial charge >= 0.3 is 35.5 Å². The van der Waals surface area contributed by atoms with Crippen molar-refractivity contribution in [3.05, 3.63) is 42.8 Å². The molecule has 2 nitrogen and oxygen atoms in total. The van der Waals surface area contributed by atoms with Crippen LogP contribution in [0.2, 0.25) is 0 Å². The van der Waals surface area contributed by atoms with Crippen molar-refractivity contribution < 1.29 is 39.5 Å². The number of carboxylic acid groups (broad SMARTS) is 1. The van der Waals surface area contributed by atoms with Gasteiger partial charge in [-0.15, -0.1) is 0 Å². The molecule has 0 aromatic heterocycles. The molecule has 0 saturated heterocycles. The molecule has 0 radical (unpaired) electrons. The van der Waals surface area contributed by atoms with Crippen LogP contribution in [-0.4, -0.2) is 11.1 Å². The summed E-state index contributed by atoms with van der Waals surface area (Å²) in [5.74, 6) is -0.879. The summed E-state index contributed by atoms with van der Waals surface area (Å²) in [4.78, 5) is 10.2. The zero-order chi connectivity index (χ0) is 18.6. The van der Waals surface area contributed by atoms with Gasteiger partial charge in [-0.05, 0) is 12.1 Å². The molecule has 0 atom stereocenters. The van der Waals surface area contributed by atoms with Crippen LogP contribution < -0.4 is 29.6 Å². The fraction of sp³-hybridized carbons (Fsp3) is 0.652. The number of unbranched alkanes of at least 4 members (excludes halogenated alkanes) is 13. The van der Waals surface area contributed by atoms with Crippen molar-refractivity contribution in [1.82, 2.24) is 0 Å². The first kappa shape index (κ1) is 27.9. The van der Waals surface area contributed by atoms with E-state index < -0.39 is 5.97 Å². The van der Waals surface area contributed by atoms with Crippen LogP contribution in [0.5, 0.6) is 0 Å². The topological polar surface area (TPSA) is 37.3 Å². The van der Waals surface area contributed by atoms with Crippen LogP contribution in [0.15, 0.2) is 30.3 Å². The normalized spacial score (nSPS) is 9.77. The Hall–Kier alpha value is -0.310. The van der Waals surface area contributed by atoms with Crippen molar-refractivity contribution >= 4 is 5.97 Å². The molecule has 0 aliphatic carbocycles. The molecule has 0 aliphatic rings. The fourth-order valence-corrected chi connectivity index (χ4v) is 2.78. The Morgan fingerprint density at radius 2 is 1.15 bits per heavy atom. The Bertz CT molecular complexity index is 378. The van der Waals surface area contributed by atoms with Crippen molar-refractivity contribution in [3.63, 3.8) is 0 Å². The van der Waals surface area contributed by atoms with Gasteiger partial charge in [0.25, 0.3) is 0 Å². The van der Waals surface area contributed by atoms with Gasteiger partial charge in [0, 0.05) is 0 Å². The van der Waals surface area contributed by atoms with Crippen LogP contribution in [0.4, 0.5) is 0 Å². The summed E-state index contributed by atoms with van der Waals surface area (Å²) in [6, 6.07) is 8.30. The predicted molar refractivity (Wildman–Crippen MR) is 109 cm³/mol. The molecule has 3 heteroatoms. The van der Waals surface area contributed by atoms with Crippen LogP contribution in [0.1, 0.15) is 107 Å². The number of rotatable bonds is 14. The van der Waals surface area contributed by atoms with Gasteiger partial charge in [-0.3, -0.25) is 0 Å². The summed E-state index contributed by atoms with van der Waals surface area (Å²) >= 11 is 0. The second-order valence-corrected chi connectivity index (χ2v) is 6.77. The maximum Gasteiger partial charge on any atom is 1.00 e. The molecule has 1 N–H and O–H groups in total. The summed E-state index contributed by atoms with van der Waals surface area (Å²) in [7, 11) is 0. The molecule has 1 aromatic rings. The third kappa shape index (κ3) is 20.0. The van der Waals surface area contributed by atoms with E-state index in [-0.39, 0.29) is 29.6 Å². The number of carboxylic acids is 1. The minimum Gasteiger partial charge on any atom is -0.478 e. The zero-order valence-electron chi connectivity index (χ0n) is 17.3. The monoisotopic (exact) mass is 370 g/mol. The van der Waals surface area contributed by atoms with Gasteiger partial charge < -0.3 is 12.0 Å². The SMILES string of the molecule is O=C(O)c1ccccc1.[CH2-]CCCCCCCCCCCCCCC.[Na+]. The van der Waals surface area contributed by atoms with Crippen molar-refractivity contribution in [2.45, 2.75) is 96.8 Å². The predicted octanol–water partition coefficient (Wildman–Crippen LogP) is 4.69. The van der Waals surface area contributed by atoms with Gasteiger partial charge in [-0.25, -0.2) is 4.79 Å². The molecule has 0 bridgehead atoms. The average Bonchev–Trinajstić information content (AvgIpc) is 2.64. The Morgan fingerprint density at radius 3 is 1.46 bits per heavy atom. The Balaban J connectivity index is 0. The van der Waals surface area contributed by atoms with E-state index in [9.17, 15) is 4.79 Å². The van der Waals surface area contributed by atoms with E-state index in [1.54, 1.807) is 30.3 Å². The quantitative estimate of drug-likeness (QED) is 0.293. The molecule has 0 aliphatic heterocycles. The molecule has 1 aromatic carbocycles. The first-order chi connectivity index (χ1) is 12.2. The number of benzene rings is 1. The van der Waals surface area contributed by atoms with Crippen LogP contribution >= 0.6 is 0 Å². The van der Waals surface area contributed by atoms with E-state index >= 15 is 0 Å². The van der Waals surface area contributed by atoms with E-state index in [1.807, 2.05) is 0 Å². The molecule has 0 fully saturated rings. The van der Waals surface area contributed by atoms with Crippen LogP contribution in [0.3, 0.4) is 0 Å². The van der Waals surface area contributed by atoms with Crippen molar-refractivity contribution in [3.8, 4) is 0 Å². The zero-order valence-corrected chi connectivity index (χ0v) is 19.3. The summed E-state index contributed by atoms with van der Waals surface area (Å²) < 4.78 is 0. The maximum absolute atomic E-state index is 10.2. The third-order valence-electron chi connectivity index (χ3n) is 4.37. The van der Waals surface area contributed by atoms with Crippen LogP contribution in [0.25, 0.3) is 0 Å². The van der Waals surface area contributed by atoms with E-state index in [4.69, 9.17) is 5.11 Å². The molecular weight excluding hydrogens is 331 g/mol. The van der Waals surface area contributed by atoms with Gasteiger partial charge in [-0.2, -0.15) is 6.42 Å². The van der Waals surface area contributed by atoms with Crippen LogP contribution in [0, 0.1) is 6.92 Å². The van der Waals surface area contributed by atoms with E-state index in [0.717, 1.165) is 6.42 Å². The van der Waals surface area contributed by atoms with Crippen molar-refractivity contribution in [2.75, 3.05) is 0 Å². The number of carbonyl (C=O) groups is 1. The molecule has 0 spiro atoms. The van der Waals surface area contributed by atoms with Gasteiger partial charge in [0.2, 0.25) is 0 Å². The second kappa shape index (κ2) is 22.7. The maximum atomic E-state index is 10.2. The molecular formula is C23H39NaO2. The molecule has 0 heterocycles. The minimum absolute atomic E-state index is 0. The molecule has 26 heavy (non-hydrogen) atoms. The number of hydrogen-bond acceptors (Lipinski definition) is 1. The fourth-order valence-electron chi connectivity index (χ4n) is 2.78. The van der Waals surface area contributed by atoms with Gasteiger partial charge in [0.15, 0.2) is 0 Å². The number of hydrogen-bond donors (Lipinski definition) is 1. The van der Waals surface area contributed by atoms with Crippen molar-refractivity contribution in [1.29, 1.82) is 0 Å². The minimum atomic E-state index is -0.879. The van der Waals surface area contributed by atoms with Crippen molar-refractivity contribution in [2.24, 2.45) is 0 Å². The van der Waals surface area contributed by atoms with E-state index in [1.165, 1.54) is 83.5 Å². The average molecular weight is 371 g/mol. The van der Waals surface area contributed by atoms with E-state index in [0.29, 0.717) is 5.56 Å². The second-order valence-electron chi connectivity index (χ2n) is 6.77.